The second-order valence-corrected chi connectivity index (χ2v) is 4.72. The molecule has 2 heterocycles. The topological polar surface area (TPSA) is 50.2 Å². The van der Waals surface area contributed by atoms with E-state index in [2.05, 4.69) is 24.3 Å². The quantitative estimate of drug-likeness (QED) is 0.830. The number of nitrogens with zero attached hydrogens (tertiary/aromatic N) is 3. The van der Waals surface area contributed by atoms with Gasteiger partial charge in [-0.05, 0) is 19.9 Å². The average molecular weight is 236 g/mol. The largest absolute Gasteiger partial charge is 0.337 e. The lowest BCUT2D eigenvalue weighted by Gasteiger charge is -2.37. The molecule has 1 aromatic rings. The van der Waals surface area contributed by atoms with Gasteiger partial charge in [0.15, 0.2) is 0 Å². The monoisotopic (exact) mass is 236 g/mol. The molecule has 1 N–H and O–H groups in total. The fraction of sp³-hybridized carbons (Fsp3) is 0.667. The first-order chi connectivity index (χ1) is 8.16. The van der Waals surface area contributed by atoms with E-state index in [1.807, 2.05) is 17.2 Å². The van der Waals surface area contributed by atoms with E-state index in [9.17, 15) is 4.79 Å². The Kier molecular flexibility index (Phi) is 3.78. The first-order valence-corrected chi connectivity index (χ1v) is 6.17. The molecular weight excluding hydrogens is 216 g/mol. The summed E-state index contributed by atoms with van der Waals surface area (Å²) in [6.07, 6.45) is 4.15. The molecule has 2 unspecified atom stereocenters. The number of carbonyl (C=O) groups excluding carboxylic acids is 1. The summed E-state index contributed by atoms with van der Waals surface area (Å²) >= 11 is 0. The number of aromatic nitrogens is 2. The molecule has 1 aliphatic rings. The zero-order valence-electron chi connectivity index (χ0n) is 10.5. The van der Waals surface area contributed by atoms with E-state index in [-0.39, 0.29) is 11.9 Å². The molecular formula is C12H20N4O. The second kappa shape index (κ2) is 5.31. The zero-order valence-corrected chi connectivity index (χ0v) is 10.5. The van der Waals surface area contributed by atoms with Crippen molar-refractivity contribution in [3.8, 4) is 0 Å². The highest BCUT2D eigenvalue weighted by atomic mass is 16.2. The van der Waals surface area contributed by atoms with Gasteiger partial charge in [0.25, 0.3) is 0 Å². The molecule has 0 bridgehead atoms. The minimum atomic E-state index is 0.223. The molecule has 2 rings (SSSR count). The van der Waals surface area contributed by atoms with Crippen LogP contribution in [0, 0.1) is 0 Å². The van der Waals surface area contributed by atoms with Crippen LogP contribution >= 0.6 is 0 Å². The van der Waals surface area contributed by atoms with E-state index in [4.69, 9.17) is 0 Å². The number of piperazine rings is 1. The van der Waals surface area contributed by atoms with Crippen LogP contribution in [0.25, 0.3) is 0 Å². The summed E-state index contributed by atoms with van der Waals surface area (Å²) in [5.74, 6) is 0.223. The number of carbonyl (C=O) groups is 1. The van der Waals surface area contributed by atoms with Crippen LogP contribution in [0.15, 0.2) is 18.5 Å². The van der Waals surface area contributed by atoms with Crippen LogP contribution in [0.1, 0.15) is 20.3 Å². The van der Waals surface area contributed by atoms with Gasteiger partial charge in [-0.3, -0.25) is 9.48 Å². The van der Waals surface area contributed by atoms with Crippen LogP contribution in [0.4, 0.5) is 0 Å². The number of rotatable bonds is 3. The third kappa shape index (κ3) is 3.06. The van der Waals surface area contributed by atoms with Crippen molar-refractivity contribution >= 4 is 5.91 Å². The lowest BCUT2D eigenvalue weighted by Crippen LogP contribution is -2.56. The normalized spacial score (nSPS) is 24.9. The van der Waals surface area contributed by atoms with Crippen LogP contribution in [-0.4, -0.2) is 45.8 Å². The molecule has 0 saturated carbocycles. The van der Waals surface area contributed by atoms with Crippen molar-refractivity contribution in [2.24, 2.45) is 0 Å². The standard InChI is InChI=1S/C12H20N4O/c1-10-9-16(11(2)8-13-10)12(17)4-7-15-6-3-5-14-15/h3,5-6,10-11,13H,4,7-9H2,1-2H3. The molecule has 5 heteroatoms. The van der Waals surface area contributed by atoms with Gasteiger partial charge in [0.2, 0.25) is 5.91 Å². The van der Waals surface area contributed by atoms with Crippen molar-refractivity contribution in [1.82, 2.24) is 20.0 Å². The van der Waals surface area contributed by atoms with Crippen molar-refractivity contribution in [2.75, 3.05) is 13.1 Å². The van der Waals surface area contributed by atoms with E-state index in [0.717, 1.165) is 13.1 Å². The van der Waals surface area contributed by atoms with Gasteiger partial charge in [0.05, 0.1) is 0 Å². The molecule has 0 spiro atoms. The molecule has 0 aliphatic carbocycles. The van der Waals surface area contributed by atoms with Crippen molar-refractivity contribution in [1.29, 1.82) is 0 Å². The van der Waals surface area contributed by atoms with Gasteiger partial charge in [-0.1, -0.05) is 0 Å². The minimum Gasteiger partial charge on any atom is -0.337 e. The summed E-state index contributed by atoms with van der Waals surface area (Å²) in [4.78, 5) is 14.1. The number of nitrogens with one attached hydrogen (secondary N) is 1. The molecule has 1 saturated heterocycles. The maximum Gasteiger partial charge on any atom is 0.224 e. The molecule has 2 atom stereocenters. The maximum atomic E-state index is 12.1. The molecule has 1 aromatic heterocycles. The van der Waals surface area contributed by atoms with Gasteiger partial charge in [0, 0.05) is 50.5 Å². The lowest BCUT2D eigenvalue weighted by molar-refractivity contribution is -0.134. The fourth-order valence-electron chi connectivity index (χ4n) is 2.16. The minimum absolute atomic E-state index is 0.223. The first kappa shape index (κ1) is 12.1. The molecule has 1 aliphatic heterocycles. The Morgan fingerprint density at radius 3 is 3.06 bits per heavy atom. The second-order valence-electron chi connectivity index (χ2n) is 4.72. The Morgan fingerprint density at radius 1 is 1.53 bits per heavy atom. The summed E-state index contributed by atoms with van der Waals surface area (Å²) in [7, 11) is 0. The van der Waals surface area contributed by atoms with Gasteiger partial charge < -0.3 is 10.2 Å². The summed E-state index contributed by atoms with van der Waals surface area (Å²) in [5.41, 5.74) is 0. The molecule has 1 fully saturated rings. The van der Waals surface area contributed by atoms with Crippen molar-refractivity contribution in [3.05, 3.63) is 18.5 Å². The highest BCUT2D eigenvalue weighted by Crippen LogP contribution is 2.09. The van der Waals surface area contributed by atoms with Gasteiger partial charge in [-0.2, -0.15) is 5.10 Å². The van der Waals surface area contributed by atoms with Gasteiger partial charge in [-0.15, -0.1) is 0 Å². The Labute approximate surface area is 102 Å². The third-order valence-electron chi connectivity index (χ3n) is 3.20. The average Bonchev–Trinajstić information content (AvgIpc) is 2.82. The van der Waals surface area contributed by atoms with Crippen LogP contribution in [0.5, 0.6) is 0 Å². The lowest BCUT2D eigenvalue weighted by atomic mass is 10.1. The highest BCUT2D eigenvalue weighted by molar-refractivity contribution is 5.76. The van der Waals surface area contributed by atoms with Crippen molar-refractivity contribution in [3.63, 3.8) is 0 Å². The number of aryl methyl sites for hydroxylation is 1. The van der Waals surface area contributed by atoms with E-state index in [1.54, 1.807) is 10.9 Å². The Bertz CT molecular complexity index is 363. The Morgan fingerprint density at radius 2 is 2.35 bits per heavy atom. The van der Waals surface area contributed by atoms with Crippen molar-refractivity contribution in [2.45, 2.75) is 38.9 Å². The van der Waals surface area contributed by atoms with Crippen molar-refractivity contribution < 1.29 is 4.79 Å². The smallest absolute Gasteiger partial charge is 0.224 e. The fourth-order valence-corrected chi connectivity index (χ4v) is 2.16. The Hall–Kier alpha value is -1.36. The zero-order chi connectivity index (χ0) is 12.3. The summed E-state index contributed by atoms with van der Waals surface area (Å²) in [6, 6.07) is 2.55. The van der Waals surface area contributed by atoms with E-state index in [0.29, 0.717) is 19.0 Å². The molecule has 1 amide bonds. The molecule has 5 nitrogen and oxygen atoms in total. The van der Waals surface area contributed by atoms with E-state index < -0.39 is 0 Å². The van der Waals surface area contributed by atoms with Gasteiger partial charge in [-0.25, -0.2) is 0 Å². The number of hydrogen-bond acceptors (Lipinski definition) is 3. The Balaban J connectivity index is 1.86. The number of hydrogen-bond donors (Lipinski definition) is 1. The third-order valence-corrected chi connectivity index (χ3v) is 3.20. The molecule has 0 radical (unpaired) electrons. The molecule has 17 heavy (non-hydrogen) atoms. The molecule has 0 aromatic carbocycles. The maximum absolute atomic E-state index is 12.1. The highest BCUT2D eigenvalue weighted by Gasteiger charge is 2.25. The van der Waals surface area contributed by atoms with E-state index in [1.165, 1.54) is 0 Å². The predicted octanol–water partition coefficient (Wildman–Crippen LogP) is 0.482. The molecule has 94 valence electrons. The first-order valence-electron chi connectivity index (χ1n) is 6.17. The predicted molar refractivity (Wildman–Crippen MR) is 65.5 cm³/mol. The SMILES string of the molecule is CC1CN(C(=O)CCn2cccn2)C(C)CN1. The van der Waals surface area contributed by atoms with Gasteiger partial charge in [0.1, 0.15) is 0 Å². The summed E-state index contributed by atoms with van der Waals surface area (Å²) in [6.45, 7) is 6.55. The van der Waals surface area contributed by atoms with Crippen LogP contribution in [0.3, 0.4) is 0 Å². The van der Waals surface area contributed by atoms with Crippen LogP contribution in [-0.2, 0) is 11.3 Å². The summed E-state index contributed by atoms with van der Waals surface area (Å²) in [5, 5.41) is 7.48. The van der Waals surface area contributed by atoms with E-state index >= 15 is 0 Å². The van der Waals surface area contributed by atoms with Crippen LogP contribution < -0.4 is 5.32 Å². The van der Waals surface area contributed by atoms with Crippen LogP contribution in [0.2, 0.25) is 0 Å². The number of amides is 1. The summed E-state index contributed by atoms with van der Waals surface area (Å²) < 4.78 is 1.80. The van der Waals surface area contributed by atoms with Gasteiger partial charge >= 0.3 is 0 Å².